The van der Waals surface area contributed by atoms with Gasteiger partial charge in [0.15, 0.2) is 16.1 Å². The Morgan fingerprint density at radius 2 is 1.81 bits per heavy atom. The molecule has 0 saturated carbocycles. The van der Waals surface area contributed by atoms with Crippen LogP contribution in [0.15, 0.2) is 78.0 Å². The Kier molecular flexibility index (Phi) is 8.46. The van der Waals surface area contributed by atoms with Gasteiger partial charge in [-0.15, -0.1) is 5.10 Å². The number of carbonyl (C=O) groups is 1. The second-order valence-electron chi connectivity index (χ2n) is 10.0. The molecular formula is C30H27F3N6OS2. The van der Waals surface area contributed by atoms with Crippen LogP contribution in [0.3, 0.4) is 0 Å². The Balaban J connectivity index is 1.23. The molecule has 2 heterocycles. The molecule has 0 bridgehead atoms. The second kappa shape index (κ2) is 12.1. The van der Waals surface area contributed by atoms with Crippen LogP contribution in [0.2, 0.25) is 0 Å². The van der Waals surface area contributed by atoms with Gasteiger partial charge in [-0.1, -0.05) is 67.6 Å². The highest BCUT2D eigenvalue weighted by atomic mass is 32.2. The van der Waals surface area contributed by atoms with Crippen LogP contribution in [0.5, 0.6) is 0 Å². The number of aliphatic imine (C=N–C) groups is 1. The third kappa shape index (κ3) is 6.55. The molecule has 1 aliphatic heterocycles. The molecule has 0 radical (unpaired) electrons. The molecule has 1 aliphatic rings. The first-order valence-corrected chi connectivity index (χ1v) is 14.5. The van der Waals surface area contributed by atoms with Crippen LogP contribution in [0.4, 0.5) is 18.9 Å². The standard InChI is InChI=1S/C30H27F3N6OS2/c1-18(2)24-14-19(3)4-13-25(24)39-26(40)16-42-29(39)36-28(41)34-15-20-5-7-21(8-6-20)27-35-17-38(37-27)23-11-9-22(10-12-23)30(31,32)33/h4-14,17-18H,15-16H2,1-3H3,(H,34,41). The largest absolute Gasteiger partial charge is 0.416 e. The molecule has 4 aromatic rings. The van der Waals surface area contributed by atoms with Gasteiger partial charge in [0.05, 0.1) is 22.7 Å². The maximum Gasteiger partial charge on any atom is 0.416 e. The molecule has 0 aliphatic carbocycles. The summed E-state index contributed by atoms with van der Waals surface area (Å²) >= 11 is 6.84. The number of hydrogen-bond acceptors (Lipinski definition) is 5. The summed E-state index contributed by atoms with van der Waals surface area (Å²) in [6, 6.07) is 18.3. The molecule has 1 N–H and O–H groups in total. The first-order valence-electron chi connectivity index (χ1n) is 13.1. The summed E-state index contributed by atoms with van der Waals surface area (Å²) in [4.78, 5) is 23.3. The number of thiocarbonyl (C=S) groups is 1. The Hall–Kier alpha value is -4.03. The fraction of sp³-hybridized carbons (Fsp3) is 0.233. The topological polar surface area (TPSA) is 75.4 Å². The van der Waals surface area contributed by atoms with Crippen LogP contribution in [0, 0.1) is 6.92 Å². The molecule has 12 heteroatoms. The van der Waals surface area contributed by atoms with E-state index in [9.17, 15) is 18.0 Å². The minimum atomic E-state index is -4.40. The number of hydrogen-bond donors (Lipinski definition) is 1. The number of halogens is 3. The number of nitrogens with zero attached hydrogens (tertiary/aromatic N) is 5. The normalized spacial score (nSPS) is 14.7. The first kappa shape index (κ1) is 29.5. The van der Waals surface area contributed by atoms with Crippen molar-refractivity contribution >= 4 is 45.9 Å². The van der Waals surface area contributed by atoms with Gasteiger partial charge in [0, 0.05) is 12.1 Å². The SMILES string of the molecule is Cc1ccc(N2C(=O)CSC2=NC(=S)NCc2ccc(-c3ncn(-c4ccc(C(F)(F)F)cc4)n3)cc2)c(C(C)C)c1. The second-order valence-corrected chi connectivity index (χ2v) is 11.4. The van der Waals surface area contributed by atoms with Crippen LogP contribution in [-0.2, 0) is 17.5 Å². The number of aromatic nitrogens is 3. The fourth-order valence-electron chi connectivity index (χ4n) is 4.42. The molecule has 0 unspecified atom stereocenters. The minimum Gasteiger partial charge on any atom is -0.357 e. The van der Waals surface area contributed by atoms with Crippen molar-refractivity contribution in [2.75, 3.05) is 10.7 Å². The maximum atomic E-state index is 12.8. The predicted octanol–water partition coefficient (Wildman–Crippen LogP) is 6.90. The van der Waals surface area contributed by atoms with Gasteiger partial charge in [0.25, 0.3) is 0 Å². The summed E-state index contributed by atoms with van der Waals surface area (Å²) in [5, 5.41) is 8.36. The molecule has 5 rings (SSSR count). The average Bonchev–Trinajstić information content (AvgIpc) is 3.59. The Morgan fingerprint density at radius 3 is 2.48 bits per heavy atom. The zero-order chi connectivity index (χ0) is 30.0. The summed E-state index contributed by atoms with van der Waals surface area (Å²) in [7, 11) is 0. The molecule has 216 valence electrons. The number of amidine groups is 1. The van der Waals surface area contributed by atoms with Crippen molar-refractivity contribution in [1.82, 2.24) is 20.1 Å². The lowest BCUT2D eigenvalue weighted by Crippen LogP contribution is -2.32. The molecule has 0 spiro atoms. The molecule has 1 aromatic heterocycles. The average molecular weight is 609 g/mol. The van der Waals surface area contributed by atoms with Crippen molar-refractivity contribution < 1.29 is 18.0 Å². The molecule has 3 aromatic carbocycles. The lowest BCUT2D eigenvalue weighted by molar-refractivity contribution is -0.137. The zero-order valence-corrected chi connectivity index (χ0v) is 24.6. The quantitative estimate of drug-likeness (QED) is 0.240. The molecule has 1 saturated heterocycles. The van der Waals surface area contributed by atoms with E-state index in [0.29, 0.717) is 29.0 Å². The van der Waals surface area contributed by atoms with Crippen LogP contribution >= 0.6 is 24.0 Å². The molecular weight excluding hydrogens is 581 g/mol. The zero-order valence-electron chi connectivity index (χ0n) is 23.0. The van der Waals surface area contributed by atoms with Gasteiger partial charge in [-0.3, -0.25) is 9.69 Å². The van der Waals surface area contributed by atoms with E-state index in [1.807, 2.05) is 43.3 Å². The van der Waals surface area contributed by atoms with Gasteiger partial charge in [-0.2, -0.15) is 18.2 Å². The Morgan fingerprint density at radius 1 is 1.10 bits per heavy atom. The van der Waals surface area contributed by atoms with E-state index in [0.717, 1.165) is 40.1 Å². The summed E-state index contributed by atoms with van der Waals surface area (Å²) in [5.41, 5.74) is 4.49. The van der Waals surface area contributed by atoms with Crippen molar-refractivity contribution in [3.63, 3.8) is 0 Å². The van der Waals surface area contributed by atoms with E-state index in [4.69, 9.17) is 12.2 Å². The third-order valence-corrected chi connectivity index (χ3v) is 7.77. The van der Waals surface area contributed by atoms with Crippen molar-refractivity contribution in [2.24, 2.45) is 4.99 Å². The van der Waals surface area contributed by atoms with Gasteiger partial charge >= 0.3 is 6.18 Å². The van der Waals surface area contributed by atoms with Crippen LogP contribution in [0.1, 0.15) is 42.0 Å². The minimum absolute atomic E-state index is 0.0303. The third-order valence-electron chi connectivity index (χ3n) is 6.62. The van der Waals surface area contributed by atoms with Crippen molar-refractivity contribution in [3.8, 4) is 17.1 Å². The number of anilines is 1. The van der Waals surface area contributed by atoms with Gasteiger partial charge in [-0.25, -0.2) is 9.67 Å². The number of aryl methyl sites for hydroxylation is 1. The van der Waals surface area contributed by atoms with E-state index in [1.165, 1.54) is 34.9 Å². The lowest BCUT2D eigenvalue weighted by Gasteiger charge is -2.22. The van der Waals surface area contributed by atoms with E-state index in [-0.39, 0.29) is 16.9 Å². The molecule has 1 amide bonds. The van der Waals surface area contributed by atoms with Crippen LogP contribution < -0.4 is 10.2 Å². The lowest BCUT2D eigenvalue weighted by atomic mass is 9.98. The summed E-state index contributed by atoms with van der Waals surface area (Å²) in [6.07, 6.45) is -2.94. The van der Waals surface area contributed by atoms with Crippen LogP contribution in [-0.4, -0.2) is 36.7 Å². The van der Waals surface area contributed by atoms with Crippen molar-refractivity contribution in [2.45, 2.75) is 39.4 Å². The summed E-state index contributed by atoms with van der Waals surface area (Å²) in [6.45, 7) is 6.65. The molecule has 0 atom stereocenters. The number of rotatable bonds is 6. The molecule has 42 heavy (non-hydrogen) atoms. The van der Waals surface area contributed by atoms with E-state index >= 15 is 0 Å². The number of alkyl halides is 3. The summed E-state index contributed by atoms with van der Waals surface area (Å²) in [5.74, 6) is 0.951. The van der Waals surface area contributed by atoms with Gasteiger partial charge in [0.2, 0.25) is 5.91 Å². The van der Waals surface area contributed by atoms with Crippen molar-refractivity contribution in [1.29, 1.82) is 0 Å². The number of amides is 1. The van der Waals surface area contributed by atoms with Crippen molar-refractivity contribution in [3.05, 3.63) is 95.3 Å². The number of benzene rings is 3. The Labute approximate surface area is 250 Å². The summed E-state index contributed by atoms with van der Waals surface area (Å²) < 4.78 is 40.0. The first-order chi connectivity index (χ1) is 20.0. The fourth-order valence-corrected chi connectivity index (χ4v) is 5.50. The Bertz CT molecular complexity index is 1650. The molecule has 1 fully saturated rings. The van der Waals surface area contributed by atoms with E-state index in [1.54, 1.807) is 4.90 Å². The maximum absolute atomic E-state index is 12.8. The monoisotopic (exact) mass is 608 g/mol. The number of nitrogens with one attached hydrogen (secondary N) is 1. The number of carbonyl (C=O) groups excluding carboxylic acids is 1. The highest BCUT2D eigenvalue weighted by Crippen LogP contribution is 2.34. The highest BCUT2D eigenvalue weighted by Gasteiger charge is 2.32. The van der Waals surface area contributed by atoms with Gasteiger partial charge < -0.3 is 5.32 Å². The van der Waals surface area contributed by atoms with Gasteiger partial charge in [-0.05, 0) is 66.5 Å². The van der Waals surface area contributed by atoms with E-state index in [2.05, 4.69) is 40.3 Å². The highest BCUT2D eigenvalue weighted by molar-refractivity contribution is 8.15. The predicted molar refractivity (Wildman–Crippen MR) is 164 cm³/mol. The smallest absolute Gasteiger partial charge is 0.357 e. The molecule has 7 nitrogen and oxygen atoms in total. The van der Waals surface area contributed by atoms with Gasteiger partial charge in [0.1, 0.15) is 6.33 Å². The number of thioether (sulfide) groups is 1. The van der Waals surface area contributed by atoms with Crippen LogP contribution in [0.25, 0.3) is 17.1 Å². The van der Waals surface area contributed by atoms with E-state index < -0.39 is 11.7 Å².